The van der Waals surface area contributed by atoms with Gasteiger partial charge in [-0.05, 0) is 23.8 Å². The maximum absolute atomic E-state index is 12.0. The van der Waals surface area contributed by atoms with Gasteiger partial charge in [0.2, 0.25) is 0 Å². The standard InChI is InChI=1S/C15H14N2O4S3/c1-17-13(19)11(24-15(17)23)6-8-2-4-9(5-3-8)12(18)16-10(7-22)14(20)21/h2-6,10,22H,7H2,1H3,(H,16,18)(H,20,21)/b11-6-. The summed E-state index contributed by atoms with van der Waals surface area (Å²) in [4.78, 5) is 36.8. The number of carboxylic acid groups (broad SMARTS) is 1. The fourth-order valence-electron chi connectivity index (χ4n) is 1.85. The van der Waals surface area contributed by atoms with Gasteiger partial charge in [-0.3, -0.25) is 14.5 Å². The summed E-state index contributed by atoms with van der Waals surface area (Å²) in [6.45, 7) is 0. The molecule has 2 N–H and O–H groups in total. The predicted molar refractivity (Wildman–Crippen MR) is 100 cm³/mol. The van der Waals surface area contributed by atoms with Crippen LogP contribution in [0.1, 0.15) is 15.9 Å². The average Bonchev–Trinajstić information content (AvgIpc) is 2.79. The Morgan fingerprint density at radius 2 is 2.04 bits per heavy atom. The zero-order valence-corrected chi connectivity index (χ0v) is 15.1. The van der Waals surface area contributed by atoms with E-state index in [4.69, 9.17) is 17.3 Å². The molecule has 24 heavy (non-hydrogen) atoms. The molecule has 1 atom stereocenters. The number of carboxylic acids is 1. The van der Waals surface area contributed by atoms with Gasteiger partial charge in [0.15, 0.2) is 0 Å². The monoisotopic (exact) mass is 382 g/mol. The van der Waals surface area contributed by atoms with Crippen LogP contribution in [0.5, 0.6) is 0 Å². The zero-order valence-electron chi connectivity index (χ0n) is 12.6. The van der Waals surface area contributed by atoms with Crippen LogP contribution in [-0.2, 0) is 9.59 Å². The van der Waals surface area contributed by atoms with Crippen LogP contribution in [0.15, 0.2) is 29.2 Å². The van der Waals surface area contributed by atoms with Gasteiger partial charge < -0.3 is 10.4 Å². The van der Waals surface area contributed by atoms with Crippen molar-refractivity contribution in [3.8, 4) is 0 Å². The van der Waals surface area contributed by atoms with Crippen molar-refractivity contribution >= 4 is 64.8 Å². The molecular weight excluding hydrogens is 368 g/mol. The number of nitrogens with one attached hydrogen (secondary N) is 1. The summed E-state index contributed by atoms with van der Waals surface area (Å²) >= 11 is 10.2. The van der Waals surface area contributed by atoms with Crippen LogP contribution in [0.2, 0.25) is 0 Å². The Kier molecular flexibility index (Phi) is 6.03. The fourth-order valence-corrected chi connectivity index (χ4v) is 3.28. The molecule has 1 fully saturated rings. The number of amides is 2. The Hall–Kier alpha value is -1.84. The number of nitrogens with zero attached hydrogens (tertiary/aromatic N) is 1. The highest BCUT2D eigenvalue weighted by Gasteiger charge is 2.28. The second-order valence-electron chi connectivity index (χ2n) is 4.91. The van der Waals surface area contributed by atoms with Gasteiger partial charge in [0.1, 0.15) is 10.4 Å². The molecule has 0 radical (unpaired) electrons. The molecule has 2 amide bonds. The van der Waals surface area contributed by atoms with E-state index in [2.05, 4.69) is 17.9 Å². The first-order valence-corrected chi connectivity index (χ1v) is 8.65. The molecule has 0 saturated carbocycles. The van der Waals surface area contributed by atoms with Gasteiger partial charge >= 0.3 is 5.97 Å². The van der Waals surface area contributed by atoms with E-state index in [1.54, 1.807) is 37.4 Å². The third-order valence-electron chi connectivity index (χ3n) is 3.24. The molecular formula is C15H14N2O4S3. The molecule has 2 rings (SSSR count). The Balaban J connectivity index is 2.11. The highest BCUT2D eigenvalue weighted by Crippen LogP contribution is 2.31. The van der Waals surface area contributed by atoms with Crippen LogP contribution in [0.3, 0.4) is 0 Å². The van der Waals surface area contributed by atoms with Gasteiger partial charge in [0.25, 0.3) is 11.8 Å². The molecule has 1 aromatic rings. The van der Waals surface area contributed by atoms with Gasteiger partial charge in [-0.15, -0.1) is 0 Å². The number of hydrogen-bond donors (Lipinski definition) is 3. The van der Waals surface area contributed by atoms with Crippen molar-refractivity contribution in [3.63, 3.8) is 0 Å². The van der Waals surface area contributed by atoms with Crippen LogP contribution >= 0.6 is 36.6 Å². The number of rotatable bonds is 5. The molecule has 1 saturated heterocycles. The second kappa shape index (κ2) is 7.82. The molecule has 0 bridgehead atoms. The van der Waals surface area contributed by atoms with E-state index in [9.17, 15) is 14.4 Å². The number of carbonyl (C=O) groups excluding carboxylic acids is 2. The number of hydrogen-bond acceptors (Lipinski definition) is 6. The zero-order chi connectivity index (χ0) is 17.9. The summed E-state index contributed by atoms with van der Waals surface area (Å²) in [5.41, 5.74) is 1.06. The largest absolute Gasteiger partial charge is 0.480 e. The Morgan fingerprint density at radius 1 is 1.42 bits per heavy atom. The molecule has 1 aliphatic heterocycles. The molecule has 0 aliphatic carbocycles. The number of benzene rings is 1. The number of carbonyl (C=O) groups is 3. The van der Waals surface area contributed by atoms with Crippen molar-refractivity contribution < 1.29 is 19.5 Å². The molecule has 0 spiro atoms. The van der Waals surface area contributed by atoms with Crippen molar-refractivity contribution in [2.75, 3.05) is 12.8 Å². The molecule has 1 aromatic carbocycles. The maximum atomic E-state index is 12.0. The van der Waals surface area contributed by atoms with E-state index in [1.165, 1.54) is 16.7 Å². The lowest BCUT2D eigenvalue weighted by Gasteiger charge is -2.11. The average molecular weight is 382 g/mol. The summed E-state index contributed by atoms with van der Waals surface area (Å²) in [6, 6.07) is 5.42. The Bertz CT molecular complexity index is 731. The van der Waals surface area contributed by atoms with Crippen LogP contribution < -0.4 is 5.32 Å². The third kappa shape index (κ3) is 4.16. The van der Waals surface area contributed by atoms with E-state index in [1.807, 2.05) is 0 Å². The summed E-state index contributed by atoms with van der Waals surface area (Å²) in [5, 5.41) is 11.3. The minimum absolute atomic E-state index is 0.00197. The lowest BCUT2D eigenvalue weighted by atomic mass is 10.1. The van der Waals surface area contributed by atoms with E-state index < -0.39 is 17.9 Å². The van der Waals surface area contributed by atoms with Gasteiger partial charge in [0, 0.05) is 18.4 Å². The summed E-state index contributed by atoms with van der Waals surface area (Å²) < 4.78 is 0.494. The van der Waals surface area contributed by atoms with Crippen LogP contribution in [0.4, 0.5) is 0 Å². The van der Waals surface area contributed by atoms with Gasteiger partial charge in [0.05, 0.1) is 4.91 Å². The number of thiol groups is 1. The second-order valence-corrected chi connectivity index (χ2v) is 6.95. The minimum Gasteiger partial charge on any atom is -0.480 e. The SMILES string of the molecule is CN1C(=O)/C(=C/c2ccc(C(=O)NC(CS)C(=O)O)cc2)SC1=S. The number of thiocarbonyl (C=S) groups is 1. The predicted octanol–water partition coefficient (Wildman–Crippen LogP) is 1.63. The van der Waals surface area contributed by atoms with Crippen molar-refractivity contribution in [1.29, 1.82) is 0 Å². The highest BCUT2D eigenvalue weighted by atomic mass is 32.2. The van der Waals surface area contributed by atoms with Crippen molar-refractivity contribution in [1.82, 2.24) is 10.2 Å². The number of aliphatic carboxylic acids is 1. The topological polar surface area (TPSA) is 86.7 Å². The van der Waals surface area contributed by atoms with E-state index in [0.717, 1.165) is 5.56 Å². The molecule has 6 nitrogen and oxygen atoms in total. The smallest absolute Gasteiger partial charge is 0.327 e. The first-order chi connectivity index (χ1) is 11.3. The fraction of sp³-hybridized carbons (Fsp3) is 0.200. The van der Waals surface area contributed by atoms with Gasteiger partial charge in [-0.25, -0.2) is 4.79 Å². The first-order valence-electron chi connectivity index (χ1n) is 6.79. The summed E-state index contributed by atoms with van der Waals surface area (Å²) in [7, 11) is 1.62. The highest BCUT2D eigenvalue weighted by molar-refractivity contribution is 8.26. The number of likely N-dealkylation sites (N-methyl/N-ethyl adjacent to an activating group) is 1. The van der Waals surface area contributed by atoms with Gasteiger partial charge in [-0.1, -0.05) is 36.1 Å². The quantitative estimate of drug-likeness (QED) is 0.408. The Morgan fingerprint density at radius 3 is 2.50 bits per heavy atom. The van der Waals surface area contributed by atoms with E-state index in [0.29, 0.717) is 14.8 Å². The molecule has 1 unspecified atom stereocenters. The normalized spacial score (nSPS) is 17.2. The Labute approximate surface area is 153 Å². The van der Waals surface area contributed by atoms with Gasteiger partial charge in [-0.2, -0.15) is 12.6 Å². The summed E-state index contributed by atoms with van der Waals surface area (Å²) in [5.74, 6) is -1.80. The van der Waals surface area contributed by atoms with Crippen molar-refractivity contribution in [2.45, 2.75) is 6.04 Å². The molecule has 9 heteroatoms. The molecule has 1 aliphatic rings. The first kappa shape index (κ1) is 18.5. The summed E-state index contributed by atoms with van der Waals surface area (Å²) in [6.07, 6.45) is 1.69. The van der Waals surface area contributed by atoms with Crippen molar-refractivity contribution in [3.05, 3.63) is 40.3 Å². The lowest BCUT2D eigenvalue weighted by Crippen LogP contribution is -2.42. The minimum atomic E-state index is -1.14. The number of thioether (sulfide) groups is 1. The molecule has 126 valence electrons. The van der Waals surface area contributed by atoms with E-state index >= 15 is 0 Å². The van der Waals surface area contributed by atoms with Crippen molar-refractivity contribution in [2.24, 2.45) is 0 Å². The maximum Gasteiger partial charge on any atom is 0.327 e. The van der Waals surface area contributed by atoms with Crippen LogP contribution in [0, 0.1) is 0 Å². The third-order valence-corrected chi connectivity index (χ3v) is 5.09. The lowest BCUT2D eigenvalue weighted by molar-refractivity contribution is -0.138. The van der Waals surface area contributed by atoms with Crippen LogP contribution in [0.25, 0.3) is 6.08 Å². The van der Waals surface area contributed by atoms with E-state index in [-0.39, 0.29) is 11.7 Å². The molecule has 1 heterocycles. The molecule has 0 aromatic heterocycles. The van der Waals surface area contributed by atoms with Crippen LogP contribution in [-0.4, -0.2) is 51.0 Å².